The molecule has 22 heavy (non-hydrogen) atoms. The van der Waals surface area contributed by atoms with Gasteiger partial charge in [0.25, 0.3) is 0 Å². The molecule has 0 aliphatic carbocycles. The van der Waals surface area contributed by atoms with Gasteiger partial charge in [0.1, 0.15) is 0 Å². The zero-order chi connectivity index (χ0) is 15.1. The van der Waals surface area contributed by atoms with Crippen molar-refractivity contribution in [2.24, 2.45) is 0 Å². The Kier molecular flexibility index (Phi) is 8.02. The quantitative estimate of drug-likeness (QED) is 0.829. The van der Waals surface area contributed by atoms with Gasteiger partial charge in [-0.15, -0.1) is 12.4 Å². The summed E-state index contributed by atoms with van der Waals surface area (Å²) in [5, 5.41) is 3.91. The van der Waals surface area contributed by atoms with Crippen molar-refractivity contribution >= 4 is 24.0 Å². The summed E-state index contributed by atoms with van der Waals surface area (Å²) in [5.74, 6) is 1.25. The van der Waals surface area contributed by atoms with E-state index in [1.807, 2.05) is 37.4 Å². The number of hydrogen-bond donors (Lipinski definition) is 1. The van der Waals surface area contributed by atoms with Gasteiger partial charge in [-0.1, -0.05) is 17.7 Å². The van der Waals surface area contributed by atoms with Crippen LogP contribution in [0.2, 0.25) is 5.02 Å². The van der Waals surface area contributed by atoms with Gasteiger partial charge >= 0.3 is 0 Å². The average molecular weight is 343 g/mol. The molecule has 0 unspecified atom stereocenters. The Balaban J connectivity index is 0.00000242. The zero-order valence-electron chi connectivity index (χ0n) is 12.6. The van der Waals surface area contributed by atoms with Crippen molar-refractivity contribution < 1.29 is 9.47 Å². The normalized spacial score (nSPS) is 9.95. The van der Waals surface area contributed by atoms with Gasteiger partial charge in [0.2, 0.25) is 0 Å². The number of ether oxygens (including phenoxy) is 2. The lowest BCUT2D eigenvalue weighted by Crippen LogP contribution is -2.13. The average Bonchev–Trinajstić information content (AvgIpc) is 2.48. The molecule has 1 N–H and O–H groups in total. The Morgan fingerprint density at radius 3 is 2.64 bits per heavy atom. The van der Waals surface area contributed by atoms with Crippen LogP contribution < -0.4 is 14.8 Å². The van der Waals surface area contributed by atoms with Gasteiger partial charge in [-0.05, 0) is 36.2 Å². The van der Waals surface area contributed by atoms with Gasteiger partial charge in [0, 0.05) is 25.5 Å². The van der Waals surface area contributed by atoms with Crippen molar-refractivity contribution in [3.63, 3.8) is 0 Å². The number of rotatable bonds is 7. The van der Waals surface area contributed by atoms with E-state index in [0.717, 1.165) is 17.7 Å². The van der Waals surface area contributed by atoms with Crippen molar-refractivity contribution in [1.82, 2.24) is 10.3 Å². The lowest BCUT2D eigenvalue weighted by molar-refractivity contribution is 0.310. The molecule has 1 heterocycles. The molecule has 0 aliphatic heterocycles. The maximum absolute atomic E-state index is 6.22. The van der Waals surface area contributed by atoms with Crippen molar-refractivity contribution in [2.75, 3.05) is 13.7 Å². The summed E-state index contributed by atoms with van der Waals surface area (Å²) in [6.45, 7) is 3.94. The summed E-state index contributed by atoms with van der Waals surface area (Å²) < 4.78 is 10.8. The van der Waals surface area contributed by atoms with Crippen LogP contribution in [0.5, 0.6) is 11.5 Å². The molecule has 0 radical (unpaired) electrons. The monoisotopic (exact) mass is 342 g/mol. The van der Waals surface area contributed by atoms with E-state index in [1.165, 1.54) is 0 Å². The minimum atomic E-state index is 0. The van der Waals surface area contributed by atoms with Crippen LogP contribution in [0.4, 0.5) is 0 Å². The highest BCUT2D eigenvalue weighted by atomic mass is 35.5. The van der Waals surface area contributed by atoms with Crippen molar-refractivity contribution in [3.8, 4) is 11.5 Å². The number of pyridine rings is 1. The van der Waals surface area contributed by atoms with Crippen LogP contribution in [0.25, 0.3) is 0 Å². The fraction of sp³-hybridized carbons (Fsp3) is 0.312. The molecule has 0 fully saturated rings. The second-order valence-corrected chi connectivity index (χ2v) is 4.91. The molecule has 120 valence electrons. The lowest BCUT2D eigenvalue weighted by Gasteiger charge is -2.13. The smallest absolute Gasteiger partial charge is 0.179 e. The van der Waals surface area contributed by atoms with E-state index in [-0.39, 0.29) is 12.4 Å². The van der Waals surface area contributed by atoms with Crippen LogP contribution in [0.1, 0.15) is 18.1 Å². The largest absolute Gasteiger partial charge is 0.491 e. The maximum atomic E-state index is 6.22. The summed E-state index contributed by atoms with van der Waals surface area (Å²) in [7, 11) is 1.59. The number of nitrogens with zero attached hydrogens (tertiary/aromatic N) is 1. The highest BCUT2D eigenvalue weighted by molar-refractivity contribution is 6.32. The Bertz CT molecular complexity index is 580. The molecule has 2 aromatic rings. The van der Waals surface area contributed by atoms with E-state index in [1.54, 1.807) is 13.3 Å². The number of aromatic nitrogens is 1. The molecule has 1 aromatic heterocycles. The van der Waals surface area contributed by atoms with E-state index >= 15 is 0 Å². The first-order valence-corrected chi connectivity index (χ1v) is 7.21. The Morgan fingerprint density at radius 1 is 1.23 bits per heavy atom. The SMILES string of the molecule is CCOc1cc(CNCc2cccnc2)cc(Cl)c1OC.Cl. The van der Waals surface area contributed by atoms with E-state index in [9.17, 15) is 0 Å². The summed E-state index contributed by atoms with van der Waals surface area (Å²) >= 11 is 6.22. The van der Waals surface area contributed by atoms with Gasteiger partial charge in [-0.2, -0.15) is 0 Å². The summed E-state index contributed by atoms with van der Waals surface area (Å²) in [6, 6.07) is 7.80. The fourth-order valence-electron chi connectivity index (χ4n) is 2.04. The molecular formula is C16H20Cl2N2O2. The first kappa shape index (κ1) is 18.6. The van der Waals surface area contributed by atoms with Gasteiger partial charge in [0.05, 0.1) is 18.7 Å². The zero-order valence-corrected chi connectivity index (χ0v) is 14.2. The van der Waals surface area contributed by atoms with Crippen LogP contribution in [0.3, 0.4) is 0 Å². The first-order chi connectivity index (χ1) is 10.2. The molecule has 0 atom stereocenters. The molecular weight excluding hydrogens is 323 g/mol. The summed E-state index contributed by atoms with van der Waals surface area (Å²) in [6.07, 6.45) is 3.61. The maximum Gasteiger partial charge on any atom is 0.179 e. The Hall–Kier alpha value is -1.49. The number of halogens is 2. The third-order valence-electron chi connectivity index (χ3n) is 2.95. The molecule has 6 heteroatoms. The van der Waals surface area contributed by atoms with Gasteiger partial charge < -0.3 is 14.8 Å². The van der Waals surface area contributed by atoms with Crippen LogP contribution in [0, 0.1) is 0 Å². The number of hydrogen-bond acceptors (Lipinski definition) is 4. The predicted octanol–water partition coefficient (Wildman–Crippen LogP) is 3.85. The van der Waals surface area contributed by atoms with Crippen LogP contribution in [0.15, 0.2) is 36.7 Å². The van der Waals surface area contributed by atoms with Crippen LogP contribution >= 0.6 is 24.0 Å². The first-order valence-electron chi connectivity index (χ1n) is 6.83. The Labute approximate surface area is 142 Å². The topological polar surface area (TPSA) is 43.4 Å². The van der Waals surface area contributed by atoms with Crippen LogP contribution in [-0.4, -0.2) is 18.7 Å². The standard InChI is InChI=1S/C16H19ClN2O2.ClH/c1-3-21-15-8-13(7-14(17)16(15)20-2)11-19-10-12-5-4-6-18-9-12;/h4-9,19H,3,10-11H2,1-2H3;1H. The van der Waals surface area contributed by atoms with Crippen molar-refractivity contribution in [1.29, 1.82) is 0 Å². The molecule has 1 aromatic carbocycles. The van der Waals surface area contributed by atoms with Gasteiger partial charge in [-0.3, -0.25) is 4.98 Å². The highest BCUT2D eigenvalue weighted by Gasteiger charge is 2.11. The van der Waals surface area contributed by atoms with E-state index in [2.05, 4.69) is 10.3 Å². The number of nitrogens with one attached hydrogen (secondary N) is 1. The summed E-state index contributed by atoms with van der Waals surface area (Å²) in [4.78, 5) is 4.09. The predicted molar refractivity (Wildman–Crippen MR) is 91.2 cm³/mol. The molecule has 0 spiro atoms. The van der Waals surface area contributed by atoms with Gasteiger partial charge in [0.15, 0.2) is 11.5 Å². The molecule has 4 nitrogen and oxygen atoms in total. The molecule has 0 saturated carbocycles. The molecule has 0 bridgehead atoms. The second kappa shape index (κ2) is 9.51. The lowest BCUT2D eigenvalue weighted by atomic mass is 10.2. The molecule has 0 amide bonds. The Morgan fingerprint density at radius 2 is 2.00 bits per heavy atom. The molecule has 2 rings (SSSR count). The van der Waals surface area contributed by atoms with Gasteiger partial charge in [-0.25, -0.2) is 0 Å². The molecule has 0 aliphatic rings. The summed E-state index contributed by atoms with van der Waals surface area (Å²) in [5.41, 5.74) is 2.19. The number of methoxy groups -OCH3 is 1. The third-order valence-corrected chi connectivity index (χ3v) is 3.24. The highest BCUT2D eigenvalue weighted by Crippen LogP contribution is 2.36. The minimum absolute atomic E-state index is 0. The third kappa shape index (κ3) is 5.05. The van der Waals surface area contributed by atoms with E-state index in [4.69, 9.17) is 21.1 Å². The molecule has 0 saturated heterocycles. The minimum Gasteiger partial charge on any atom is -0.491 e. The second-order valence-electron chi connectivity index (χ2n) is 4.51. The fourth-order valence-corrected chi connectivity index (χ4v) is 2.35. The van der Waals surface area contributed by atoms with E-state index in [0.29, 0.717) is 29.7 Å². The van der Waals surface area contributed by atoms with E-state index < -0.39 is 0 Å². The number of benzene rings is 1. The van der Waals surface area contributed by atoms with Crippen LogP contribution in [-0.2, 0) is 13.1 Å². The van der Waals surface area contributed by atoms with Crippen molar-refractivity contribution in [3.05, 3.63) is 52.8 Å². The van der Waals surface area contributed by atoms with Crippen molar-refractivity contribution in [2.45, 2.75) is 20.0 Å².